The van der Waals surface area contributed by atoms with Crippen molar-refractivity contribution in [1.29, 1.82) is 0 Å². The van der Waals surface area contributed by atoms with Crippen LogP contribution in [0.5, 0.6) is 5.75 Å². The Balaban J connectivity index is 1.90. The zero-order valence-electron chi connectivity index (χ0n) is 15.1. The van der Waals surface area contributed by atoms with E-state index in [4.69, 9.17) is 14.0 Å². The summed E-state index contributed by atoms with van der Waals surface area (Å²) in [5.74, 6) is 2.17. The lowest BCUT2D eigenvalue weighted by Gasteiger charge is -2.12. The maximum atomic E-state index is 5.63. The zero-order chi connectivity index (χ0) is 17.6. The van der Waals surface area contributed by atoms with Crippen LogP contribution in [0.3, 0.4) is 0 Å². The molecule has 0 aliphatic carbocycles. The smallest absolute Gasteiger partial charge is 0.243 e. The van der Waals surface area contributed by atoms with Gasteiger partial charge in [-0.15, -0.1) is 0 Å². The van der Waals surface area contributed by atoms with E-state index in [0.717, 1.165) is 17.1 Å². The number of aromatic nitrogens is 2. The van der Waals surface area contributed by atoms with Crippen molar-refractivity contribution in [3.63, 3.8) is 0 Å². The van der Waals surface area contributed by atoms with Gasteiger partial charge in [0.1, 0.15) is 12.4 Å². The van der Waals surface area contributed by atoms with E-state index in [9.17, 15) is 0 Å². The molecule has 0 spiro atoms. The van der Waals surface area contributed by atoms with Crippen LogP contribution < -0.4 is 10.1 Å². The van der Waals surface area contributed by atoms with Gasteiger partial charge >= 0.3 is 0 Å². The highest BCUT2D eigenvalue weighted by Gasteiger charge is 2.22. The highest BCUT2D eigenvalue weighted by Crippen LogP contribution is 2.21. The highest BCUT2D eigenvalue weighted by molar-refractivity contribution is 5.28. The van der Waals surface area contributed by atoms with E-state index >= 15 is 0 Å². The normalized spacial score (nSPS) is 13.0. The molecule has 0 aliphatic rings. The third kappa shape index (κ3) is 5.32. The van der Waals surface area contributed by atoms with Crippen LogP contribution in [0.25, 0.3) is 0 Å². The largest absolute Gasteiger partial charge is 0.491 e. The van der Waals surface area contributed by atoms with E-state index in [2.05, 4.69) is 42.3 Å². The summed E-state index contributed by atoms with van der Waals surface area (Å²) in [5, 5.41) is 7.46. The van der Waals surface area contributed by atoms with E-state index in [1.807, 2.05) is 25.1 Å². The molecule has 132 valence electrons. The summed E-state index contributed by atoms with van der Waals surface area (Å²) in [5.41, 5.74) is 1.02. The monoisotopic (exact) mass is 333 g/mol. The standard InChI is InChI=1S/C18H27N3O3/c1-13(16-20-17(21-24-16)18(2,3)4)19-12-14-7-6-8-15(11-14)23-10-9-22-5/h6-8,11,13,19H,9-10,12H2,1-5H3. The van der Waals surface area contributed by atoms with Crippen LogP contribution in [0, 0.1) is 0 Å². The van der Waals surface area contributed by atoms with Crippen molar-refractivity contribution in [3.8, 4) is 5.75 Å². The van der Waals surface area contributed by atoms with E-state index in [0.29, 0.717) is 25.6 Å². The molecule has 0 radical (unpaired) electrons. The molecule has 0 saturated heterocycles. The Morgan fingerprint density at radius 1 is 1.25 bits per heavy atom. The van der Waals surface area contributed by atoms with Gasteiger partial charge in [-0.2, -0.15) is 4.98 Å². The maximum Gasteiger partial charge on any atom is 0.243 e. The molecule has 1 heterocycles. The van der Waals surface area contributed by atoms with E-state index in [-0.39, 0.29) is 11.5 Å². The van der Waals surface area contributed by atoms with Gasteiger partial charge in [-0.3, -0.25) is 0 Å². The second-order valence-electron chi connectivity index (χ2n) is 6.80. The van der Waals surface area contributed by atoms with Gasteiger partial charge < -0.3 is 19.3 Å². The first-order chi connectivity index (χ1) is 11.4. The fourth-order valence-electron chi connectivity index (χ4n) is 2.06. The number of benzene rings is 1. The third-order valence-corrected chi connectivity index (χ3v) is 3.55. The van der Waals surface area contributed by atoms with Gasteiger partial charge in [-0.25, -0.2) is 0 Å². The van der Waals surface area contributed by atoms with Gasteiger partial charge in [-0.05, 0) is 24.6 Å². The second kappa shape index (κ2) is 8.26. The number of hydrogen-bond donors (Lipinski definition) is 1. The van der Waals surface area contributed by atoms with Crippen molar-refractivity contribution in [2.24, 2.45) is 0 Å². The number of nitrogens with one attached hydrogen (secondary N) is 1. The Morgan fingerprint density at radius 3 is 2.71 bits per heavy atom. The predicted octanol–water partition coefficient (Wildman–Crippen LogP) is 3.24. The minimum atomic E-state index is -0.116. The molecule has 1 N–H and O–H groups in total. The number of nitrogens with zero attached hydrogens (tertiary/aromatic N) is 2. The third-order valence-electron chi connectivity index (χ3n) is 3.55. The van der Waals surface area contributed by atoms with Crippen molar-refractivity contribution in [2.45, 2.75) is 45.7 Å². The minimum absolute atomic E-state index is 0.0216. The summed E-state index contributed by atoms with van der Waals surface area (Å²) >= 11 is 0. The molecular weight excluding hydrogens is 306 g/mol. The van der Waals surface area contributed by atoms with Crippen LogP contribution in [-0.4, -0.2) is 30.5 Å². The molecule has 1 aromatic heterocycles. The van der Waals surface area contributed by atoms with E-state index in [1.165, 1.54) is 0 Å². The van der Waals surface area contributed by atoms with Gasteiger partial charge in [0.05, 0.1) is 12.6 Å². The molecule has 1 atom stereocenters. The fraction of sp³-hybridized carbons (Fsp3) is 0.556. The number of ether oxygens (including phenoxy) is 2. The molecule has 0 saturated carbocycles. The molecule has 1 aromatic carbocycles. The molecule has 0 aliphatic heterocycles. The number of methoxy groups -OCH3 is 1. The molecule has 2 rings (SSSR count). The SMILES string of the molecule is COCCOc1cccc(CNC(C)c2nc(C(C)(C)C)no2)c1. The molecule has 2 aromatic rings. The van der Waals surface area contributed by atoms with Crippen molar-refractivity contribution >= 4 is 0 Å². The van der Waals surface area contributed by atoms with Gasteiger partial charge in [0.25, 0.3) is 0 Å². The Morgan fingerprint density at radius 2 is 2.04 bits per heavy atom. The van der Waals surface area contributed by atoms with Crippen LogP contribution in [0.1, 0.15) is 51.0 Å². The lowest BCUT2D eigenvalue weighted by Crippen LogP contribution is -2.19. The van der Waals surface area contributed by atoms with Gasteiger partial charge in [-0.1, -0.05) is 38.1 Å². The molecule has 1 unspecified atom stereocenters. The molecule has 0 fully saturated rings. The van der Waals surface area contributed by atoms with Crippen LogP contribution in [0.2, 0.25) is 0 Å². The fourth-order valence-corrected chi connectivity index (χ4v) is 2.06. The maximum absolute atomic E-state index is 5.63. The van der Waals surface area contributed by atoms with Crippen molar-refractivity contribution in [1.82, 2.24) is 15.5 Å². The molecule has 0 amide bonds. The predicted molar refractivity (Wildman–Crippen MR) is 92.1 cm³/mol. The number of rotatable bonds is 8. The Kier molecular flexibility index (Phi) is 6.34. The lowest BCUT2D eigenvalue weighted by atomic mass is 9.96. The number of hydrogen-bond acceptors (Lipinski definition) is 6. The summed E-state index contributed by atoms with van der Waals surface area (Å²) in [4.78, 5) is 4.48. The molecule has 6 heteroatoms. The summed E-state index contributed by atoms with van der Waals surface area (Å²) in [6.07, 6.45) is 0. The van der Waals surface area contributed by atoms with E-state index in [1.54, 1.807) is 7.11 Å². The van der Waals surface area contributed by atoms with Crippen molar-refractivity contribution < 1.29 is 14.0 Å². The van der Waals surface area contributed by atoms with E-state index < -0.39 is 0 Å². The summed E-state index contributed by atoms with van der Waals surface area (Å²) in [6.45, 7) is 10.0. The lowest BCUT2D eigenvalue weighted by molar-refractivity contribution is 0.146. The van der Waals surface area contributed by atoms with Crippen molar-refractivity contribution in [2.75, 3.05) is 20.3 Å². The average Bonchev–Trinajstić information content (AvgIpc) is 3.04. The first kappa shape index (κ1) is 18.4. The van der Waals surface area contributed by atoms with Crippen LogP contribution in [-0.2, 0) is 16.7 Å². The van der Waals surface area contributed by atoms with Gasteiger partial charge in [0.15, 0.2) is 5.82 Å². The first-order valence-electron chi connectivity index (χ1n) is 8.18. The molecule has 24 heavy (non-hydrogen) atoms. The van der Waals surface area contributed by atoms with Crippen LogP contribution >= 0.6 is 0 Å². The second-order valence-corrected chi connectivity index (χ2v) is 6.80. The molecule has 0 bridgehead atoms. The minimum Gasteiger partial charge on any atom is -0.491 e. The Hall–Kier alpha value is -1.92. The highest BCUT2D eigenvalue weighted by atomic mass is 16.5. The van der Waals surface area contributed by atoms with Gasteiger partial charge in [0.2, 0.25) is 5.89 Å². The summed E-state index contributed by atoms with van der Waals surface area (Å²) < 4.78 is 16.0. The quantitative estimate of drug-likeness (QED) is 0.748. The molecular formula is C18H27N3O3. The summed E-state index contributed by atoms with van der Waals surface area (Å²) in [6, 6.07) is 7.97. The van der Waals surface area contributed by atoms with Crippen molar-refractivity contribution in [3.05, 3.63) is 41.5 Å². The summed E-state index contributed by atoms with van der Waals surface area (Å²) in [7, 11) is 1.66. The Labute approximate surface area is 143 Å². The Bertz CT molecular complexity index is 634. The first-order valence-corrected chi connectivity index (χ1v) is 8.18. The van der Waals surface area contributed by atoms with Crippen LogP contribution in [0.4, 0.5) is 0 Å². The average molecular weight is 333 g/mol. The van der Waals surface area contributed by atoms with Gasteiger partial charge in [0, 0.05) is 19.1 Å². The molecule has 6 nitrogen and oxygen atoms in total. The van der Waals surface area contributed by atoms with Crippen LogP contribution in [0.15, 0.2) is 28.8 Å². The topological polar surface area (TPSA) is 69.4 Å². The zero-order valence-corrected chi connectivity index (χ0v) is 15.1.